The Kier molecular flexibility index (Phi) is 5.06. The zero-order valence-electron chi connectivity index (χ0n) is 12.3. The summed E-state index contributed by atoms with van der Waals surface area (Å²) in [6.45, 7) is 5.96. The number of piperidine rings is 1. The van der Waals surface area contributed by atoms with Crippen LogP contribution in [0.1, 0.15) is 38.2 Å². The highest BCUT2D eigenvalue weighted by atomic mass is 35.5. The first-order valence-electron chi connectivity index (χ1n) is 7.36. The van der Waals surface area contributed by atoms with E-state index in [1.54, 1.807) is 0 Å². The van der Waals surface area contributed by atoms with Gasteiger partial charge < -0.3 is 10.6 Å². The van der Waals surface area contributed by atoms with Crippen LogP contribution < -0.4 is 10.6 Å². The summed E-state index contributed by atoms with van der Waals surface area (Å²) in [5.74, 6) is 0.119. The number of aryl methyl sites for hydroxylation is 1. The Morgan fingerprint density at radius 1 is 1.40 bits per heavy atom. The molecule has 0 spiro atoms. The van der Waals surface area contributed by atoms with Crippen LogP contribution in [0.25, 0.3) is 0 Å². The first-order chi connectivity index (χ1) is 9.57. The molecule has 4 heteroatoms. The highest BCUT2D eigenvalue weighted by Gasteiger charge is 2.38. The number of rotatable bonds is 4. The Morgan fingerprint density at radius 3 is 2.75 bits per heavy atom. The van der Waals surface area contributed by atoms with E-state index in [0.717, 1.165) is 50.0 Å². The van der Waals surface area contributed by atoms with Crippen molar-refractivity contribution in [2.45, 2.75) is 39.5 Å². The lowest BCUT2D eigenvalue weighted by Gasteiger charge is -2.36. The van der Waals surface area contributed by atoms with Crippen LogP contribution in [0.5, 0.6) is 0 Å². The van der Waals surface area contributed by atoms with Gasteiger partial charge in [-0.05, 0) is 57.0 Å². The summed E-state index contributed by atoms with van der Waals surface area (Å²) in [5, 5.41) is 6.98. The molecular weight excluding hydrogens is 272 g/mol. The lowest BCUT2D eigenvalue weighted by Crippen LogP contribution is -2.44. The largest absolute Gasteiger partial charge is 0.324 e. The summed E-state index contributed by atoms with van der Waals surface area (Å²) in [6, 6.07) is 5.71. The van der Waals surface area contributed by atoms with Gasteiger partial charge in [-0.25, -0.2) is 0 Å². The SMILES string of the molecule is CCCC1(C(=O)Nc2cc(C)ccc2Cl)CCNCC1. The van der Waals surface area contributed by atoms with Crippen molar-refractivity contribution in [1.82, 2.24) is 5.32 Å². The maximum absolute atomic E-state index is 12.7. The van der Waals surface area contributed by atoms with E-state index < -0.39 is 0 Å². The third kappa shape index (κ3) is 3.33. The zero-order valence-corrected chi connectivity index (χ0v) is 13.0. The normalized spacial score (nSPS) is 17.8. The summed E-state index contributed by atoms with van der Waals surface area (Å²) in [4.78, 5) is 12.7. The number of amides is 1. The van der Waals surface area contributed by atoms with Crippen LogP contribution >= 0.6 is 11.6 Å². The van der Waals surface area contributed by atoms with Crippen LogP contribution in [-0.2, 0) is 4.79 Å². The molecule has 1 aliphatic rings. The second kappa shape index (κ2) is 6.59. The van der Waals surface area contributed by atoms with Crippen molar-refractivity contribution in [2.75, 3.05) is 18.4 Å². The van der Waals surface area contributed by atoms with Gasteiger partial charge in [0.15, 0.2) is 0 Å². The van der Waals surface area contributed by atoms with E-state index in [2.05, 4.69) is 17.6 Å². The fourth-order valence-corrected chi connectivity index (χ4v) is 3.13. The summed E-state index contributed by atoms with van der Waals surface area (Å²) in [5.41, 5.74) is 1.58. The average Bonchev–Trinajstić information content (AvgIpc) is 2.44. The molecule has 0 aliphatic carbocycles. The molecule has 110 valence electrons. The summed E-state index contributed by atoms with van der Waals surface area (Å²) in [7, 11) is 0. The van der Waals surface area contributed by atoms with Crippen LogP contribution in [0.3, 0.4) is 0 Å². The Morgan fingerprint density at radius 2 is 2.10 bits per heavy atom. The van der Waals surface area contributed by atoms with Crippen molar-refractivity contribution in [2.24, 2.45) is 5.41 Å². The summed E-state index contributed by atoms with van der Waals surface area (Å²) >= 11 is 6.17. The number of nitrogens with one attached hydrogen (secondary N) is 2. The first-order valence-corrected chi connectivity index (χ1v) is 7.73. The second-order valence-electron chi connectivity index (χ2n) is 5.72. The molecule has 2 rings (SSSR count). The summed E-state index contributed by atoms with van der Waals surface area (Å²) < 4.78 is 0. The third-order valence-corrected chi connectivity index (χ3v) is 4.47. The fraction of sp³-hybridized carbons (Fsp3) is 0.562. The Hall–Kier alpha value is -1.06. The highest BCUT2D eigenvalue weighted by Crippen LogP contribution is 2.36. The number of halogens is 1. The number of anilines is 1. The number of hydrogen-bond donors (Lipinski definition) is 2. The van der Waals surface area contributed by atoms with Crippen LogP contribution in [0.2, 0.25) is 5.02 Å². The Bertz CT molecular complexity index is 476. The molecule has 20 heavy (non-hydrogen) atoms. The fourth-order valence-electron chi connectivity index (χ4n) is 2.96. The first kappa shape index (κ1) is 15.3. The van der Waals surface area contributed by atoms with E-state index in [1.807, 2.05) is 25.1 Å². The summed E-state index contributed by atoms with van der Waals surface area (Å²) in [6.07, 6.45) is 3.76. The molecule has 1 saturated heterocycles. The maximum atomic E-state index is 12.7. The van der Waals surface area contributed by atoms with Crippen molar-refractivity contribution >= 4 is 23.2 Å². The highest BCUT2D eigenvalue weighted by molar-refractivity contribution is 6.33. The average molecular weight is 295 g/mol. The quantitative estimate of drug-likeness (QED) is 0.888. The molecule has 0 saturated carbocycles. The van der Waals surface area contributed by atoms with Crippen molar-refractivity contribution in [1.29, 1.82) is 0 Å². The van der Waals surface area contributed by atoms with E-state index in [1.165, 1.54) is 0 Å². The third-order valence-electron chi connectivity index (χ3n) is 4.14. The van der Waals surface area contributed by atoms with Gasteiger partial charge in [0.1, 0.15) is 0 Å². The minimum absolute atomic E-state index is 0.119. The van der Waals surface area contributed by atoms with Gasteiger partial charge in [0.25, 0.3) is 0 Å². The molecule has 1 fully saturated rings. The molecule has 1 amide bonds. The molecule has 3 nitrogen and oxygen atoms in total. The Labute approximate surface area is 126 Å². The second-order valence-corrected chi connectivity index (χ2v) is 6.12. The van der Waals surface area contributed by atoms with E-state index in [9.17, 15) is 4.79 Å². The van der Waals surface area contributed by atoms with Crippen LogP contribution in [0, 0.1) is 12.3 Å². The van der Waals surface area contributed by atoms with E-state index >= 15 is 0 Å². The van der Waals surface area contributed by atoms with Gasteiger partial charge >= 0.3 is 0 Å². The molecule has 1 aromatic rings. The van der Waals surface area contributed by atoms with Crippen molar-refractivity contribution in [3.63, 3.8) is 0 Å². The van der Waals surface area contributed by atoms with Gasteiger partial charge in [-0.15, -0.1) is 0 Å². The molecule has 1 heterocycles. The molecule has 1 aliphatic heterocycles. The van der Waals surface area contributed by atoms with Gasteiger partial charge in [0.2, 0.25) is 5.91 Å². The minimum atomic E-state index is -0.243. The number of benzene rings is 1. The molecule has 0 atom stereocenters. The molecule has 0 bridgehead atoms. The van der Waals surface area contributed by atoms with Gasteiger partial charge in [-0.3, -0.25) is 4.79 Å². The molecule has 0 aromatic heterocycles. The van der Waals surface area contributed by atoms with Gasteiger partial charge in [0.05, 0.1) is 16.1 Å². The van der Waals surface area contributed by atoms with Crippen LogP contribution in [0.4, 0.5) is 5.69 Å². The predicted octanol–water partition coefficient (Wildman–Crippen LogP) is 3.76. The van der Waals surface area contributed by atoms with Crippen molar-refractivity contribution in [3.05, 3.63) is 28.8 Å². The zero-order chi connectivity index (χ0) is 14.6. The topological polar surface area (TPSA) is 41.1 Å². The van der Waals surface area contributed by atoms with Crippen molar-refractivity contribution in [3.8, 4) is 0 Å². The number of carbonyl (C=O) groups excluding carboxylic acids is 1. The molecule has 1 aromatic carbocycles. The predicted molar refractivity (Wildman–Crippen MR) is 84.3 cm³/mol. The standard InChI is InChI=1S/C16H23ClN2O/c1-3-6-16(7-9-18-10-8-16)15(20)19-14-11-12(2)4-5-13(14)17/h4-5,11,18H,3,6-10H2,1-2H3,(H,19,20). The van der Waals surface area contributed by atoms with Gasteiger partial charge in [-0.1, -0.05) is 31.0 Å². The Balaban J connectivity index is 2.18. The lowest BCUT2D eigenvalue weighted by atomic mass is 9.74. The molecule has 0 unspecified atom stereocenters. The number of hydrogen-bond acceptors (Lipinski definition) is 2. The number of carbonyl (C=O) groups is 1. The molecule has 0 radical (unpaired) electrons. The van der Waals surface area contributed by atoms with E-state index in [0.29, 0.717) is 5.02 Å². The van der Waals surface area contributed by atoms with Crippen LogP contribution in [0.15, 0.2) is 18.2 Å². The van der Waals surface area contributed by atoms with E-state index in [4.69, 9.17) is 11.6 Å². The minimum Gasteiger partial charge on any atom is -0.324 e. The smallest absolute Gasteiger partial charge is 0.230 e. The molecule has 2 N–H and O–H groups in total. The lowest BCUT2D eigenvalue weighted by molar-refractivity contribution is -0.127. The monoisotopic (exact) mass is 294 g/mol. The molecular formula is C16H23ClN2O. The van der Waals surface area contributed by atoms with Crippen molar-refractivity contribution < 1.29 is 4.79 Å². The van der Waals surface area contributed by atoms with E-state index in [-0.39, 0.29) is 11.3 Å². The van der Waals surface area contributed by atoms with Gasteiger partial charge in [-0.2, -0.15) is 0 Å². The van der Waals surface area contributed by atoms with Gasteiger partial charge in [0, 0.05) is 0 Å². The van der Waals surface area contributed by atoms with Crippen LogP contribution in [-0.4, -0.2) is 19.0 Å². The maximum Gasteiger partial charge on any atom is 0.230 e.